The minimum atomic E-state index is -0.939. The SMILES string of the molecule is C#Cc1c(F)ccc2cc(O)cc(-c3ncc4c(N5CCOC[C@H]5COC)nc(OC[C@@]56CCCN5C[C@H](F)C6)nc4c3F)c12. The van der Waals surface area contributed by atoms with Crippen LogP contribution in [0.5, 0.6) is 11.8 Å². The number of anilines is 1. The number of methoxy groups -OCH3 is 1. The van der Waals surface area contributed by atoms with E-state index in [0.717, 1.165) is 19.4 Å². The number of pyridine rings is 1. The molecule has 3 aliphatic heterocycles. The highest BCUT2D eigenvalue weighted by molar-refractivity contribution is 6.03. The first-order chi connectivity index (χ1) is 21.8. The van der Waals surface area contributed by atoms with Gasteiger partial charge in [0, 0.05) is 43.8 Å². The molecular formula is C33H32F3N5O4. The molecule has 3 atom stereocenters. The molecule has 3 saturated heterocycles. The zero-order valence-corrected chi connectivity index (χ0v) is 24.7. The molecule has 12 heteroatoms. The Labute approximate surface area is 257 Å². The van der Waals surface area contributed by atoms with Crippen LogP contribution in [0.15, 0.2) is 30.5 Å². The molecule has 4 aromatic rings. The van der Waals surface area contributed by atoms with Gasteiger partial charge in [-0.05, 0) is 43.0 Å². The van der Waals surface area contributed by atoms with Crippen molar-refractivity contribution in [2.75, 3.05) is 58.1 Å². The average molecular weight is 620 g/mol. The number of aromatic hydroxyl groups is 1. The predicted molar refractivity (Wildman–Crippen MR) is 162 cm³/mol. The highest BCUT2D eigenvalue weighted by Gasteiger charge is 2.49. The van der Waals surface area contributed by atoms with Gasteiger partial charge in [-0.2, -0.15) is 9.97 Å². The Morgan fingerprint density at radius 3 is 2.91 bits per heavy atom. The van der Waals surface area contributed by atoms with Crippen LogP contribution in [0, 0.1) is 24.0 Å². The number of halogens is 3. The maximum absolute atomic E-state index is 16.8. The molecule has 3 fully saturated rings. The summed E-state index contributed by atoms with van der Waals surface area (Å²) in [5.74, 6) is 1.11. The number of rotatable bonds is 7. The fourth-order valence-corrected chi connectivity index (χ4v) is 7.16. The van der Waals surface area contributed by atoms with Crippen LogP contribution in [0.25, 0.3) is 32.9 Å². The lowest BCUT2D eigenvalue weighted by Crippen LogP contribution is -2.48. The second-order valence-electron chi connectivity index (χ2n) is 11.9. The van der Waals surface area contributed by atoms with Gasteiger partial charge >= 0.3 is 6.01 Å². The minimum Gasteiger partial charge on any atom is -0.508 e. The second-order valence-corrected chi connectivity index (χ2v) is 11.9. The van der Waals surface area contributed by atoms with Crippen molar-refractivity contribution in [3.05, 3.63) is 47.7 Å². The van der Waals surface area contributed by atoms with Gasteiger partial charge < -0.3 is 24.2 Å². The standard InChI is InChI=1S/C33H32F3N5O4/c1-3-23-26(35)6-5-19-11-22(42)12-24(27(19)23)29-28(36)30-25(14-37-29)31(41-9-10-44-17-21(41)16-43-2)39-32(38-30)45-18-33-7-4-8-40(33)15-20(34)13-33/h1,5-6,11-12,14,20-21,42H,4,7-10,13,15-18H2,2H3/t20-,21-,33+/m1/s1. The lowest BCUT2D eigenvalue weighted by molar-refractivity contribution is 0.0597. The van der Waals surface area contributed by atoms with Crippen molar-refractivity contribution < 1.29 is 32.5 Å². The van der Waals surface area contributed by atoms with Crippen molar-refractivity contribution in [1.29, 1.82) is 0 Å². The molecule has 0 aliphatic carbocycles. The molecular weight excluding hydrogens is 587 g/mol. The highest BCUT2D eigenvalue weighted by Crippen LogP contribution is 2.42. The molecule has 0 radical (unpaired) electrons. The Balaban J connectivity index is 1.39. The monoisotopic (exact) mass is 619 g/mol. The first-order valence-corrected chi connectivity index (χ1v) is 15.0. The number of phenolic OH excluding ortho intramolecular Hbond substituents is 1. The van der Waals surface area contributed by atoms with Gasteiger partial charge in [0.1, 0.15) is 41.4 Å². The molecule has 9 nitrogen and oxygen atoms in total. The molecule has 234 valence electrons. The molecule has 7 rings (SSSR count). The Kier molecular flexibility index (Phi) is 7.63. The summed E-state index contributed by atoms with van der Waals surface area (Å²) in [4.78, 5) is 17.8. The number of alkyl halides is 1. The van der Waals surface area contributed by atoms with Crippen LogP contribution >= 0.6 is 0 Å². The number of fused-ring (bicyclic) bond motifs is 3. The molecule has 5 heterocycles. The van der Waals surface area contributed by atoms with Gasteiger partial charge in [0.15, 0.2) is 5.82 Å². The molecule has 0 amide bonds. The van der Waals surface area contributed by atoms with E-state index in [2.05, 4.69) is 20.8 Å². The van der Waals surface area contributed by atoms with E-state index in [1.807, 2.05) is 4.90 Å². The van der Waals surface area contributed by atoms with E-state index < -0.39 is 23.3 Å². The molecule has 1 N–H and O–H groups in total. The summed E-state index contributed by atoms with van der Waals surface area (Å²) in [5.41, 5.74) is -0.673. The smallest absolute Gasteiger partial charge is 0.319 e. The predicted octanol–water partition coefficient (Wildman–Crippen LogP) is 4.62. The van der Waals surface area contributed by atoms with E-state index in [1.165, 1.54) is 30.5 Å². The van der Waals surface area contributed by atoms with E-state index in [0.29, 0.717) is 55.9 Å². The Bertz CT molecular complexity index is 1830. The summed E-state index contributed by atoms with van der Waals surface area (Å²) in [7, 11) is 1.59. The van der Waals surface area contributed by atoms with Crippen LogP contribution in [-0.2, 0) is 9.47 Å². The van der Waals surface area contributed by atoms with Crippen molar-refractivity contribution in [3.8, 4) is 35.4 Å². The van der Waals surface area contributed by atoms with Gasteiger partial charge in [-0.1, -0.05) is 12.0 Å². The van der Waals surface area contributed by atoms with Crippen molar-refractivity contribution in [1.82, 2.24) is 19.9 Å². The van der Waals surface area contributed by atoms with Crippen LogP contribution in [0.4, 0.5) is 19.0 Å². The maximum atomic E-state index is 16.8. The van der Waals surface area contributed by atoms with Gasteiger partial charge in [0.2, 0.25) is 0 Å². The number of terminal acetylenes is 1. The third-order valence-corrected chi connectivity index (χ3v) is 9.18. The Morgan fingerprint density at radius 1 is 1.22 bits per heavy atom. The summed E-state index contributed by atoms with van der Waals surface area (Å²) in [6.07, 6.45) is 8.26. The zero-order chi connectivity index (χ0) is 31.3. The van der Waals surface area contributed by atoms with Crippen molar-refractivity contribution >= 4 is 27.5 Å². The molecule has 45 heavy (non-hydrogen) atoms. The van der Waals surface area contributed by atoms with E-state index in [-0.39, 0.29) is 52.1 Å². The first-order valence-electron chi connectivity index (χ1n) is 15.0. The second kappa shape index (κ2) is 11.6. The number of morpholine rings is 1. The fraction of sp³-hybridized carbons (Fsp3) is 0.424. The number of hydrogen-bond acceptors (Lipinski definition) is 9. The van der Waals surface area contributed by atoms with E-state index in [1.54, 1.807) is 7.11 Å². The van der Waals surface area contributed by atoms with Crippen molar-refractivity contribution in [2.45, 2.75) is 37.0 Å². The topological polar surface area (TPSA) is 93.1 Å². The number of hydrogen-bond donors (Lipinski definition) is 1. The molecule has 0 spiro atoms. The largest absolute Gasteiger partial charge is 0.508 e. The number of nitrogens with zero attached hydrogens (tertiary/aromatic N) is 5. The van der Waals surface area contributed by atoms with Crippen LogP contribution in [0.1, 0.15) is 24.8 Å². The van der Waals surface area contributed by atoms with Gasteiger partial charge in [0.05, 0.1) is 42.4 Å². The van der Waals surface area contributed by atoms with Crippen LogP contribution < -0.4 is 9.64 Å². The lowest BCUT2D eigenvalue weighted by Gasteiger charge is -2.36. The van der Waals surface area contributed by atoms with Crippen LogP contribution in [0.3, 0.4) is 0 Å². The molecule has 3 aliphatic rings. The summed E-state index contributed by atoms with van der Waals surface area (Å²) in [5, 5.41) is 11.5. The maximum Gasteiger partial charge on any atom is 0.319 e. The summed E-state index contributed by atoms with van der Waals surface area (Å²) in [6, 6.07) is 5.11. The lowest BCUT2D eigenvalue weighted by atomic mass is 9.95. The number of benzene rings is 2. The zero-order valence-electron chi connectivity index (χ0n) is 24.7. The fourth-order valence-electron chi connectivity index (χ4n) is 7.16. The third-order valence-electron chi connectivity index (χ3n) is 9.18. The number of phenols is 1. The highest BCUT2D eigenvalue weighted by atomic mass is 19.1. The van der Waals surface area contributed by atoms with Gasteiger partial charge in [-0.3, -0.25) is 9.88 Å². The van der Waals surface area contributed by atoms with Gasteiger partial charge in [-0.15, -0.1) is 6.42 Å². The third kappa shape index (κ3) is 5.09. The molecule has 0 saturated carbocycles. The normalized spacial score (nSPS) is 23.5. The quantitative estimate of drug-likeness (QED) is 0.298. The minimum absolute atomic E-state index is 0.0594. The van der Waals surface area contributed by atoms with Gasteiger partial charge in [-0.25, -0.2) is 13.2 Å². The van der Waals surface area contributed by atoms with E-state index in [9.17, 15) is 13.9 Å². The van der Waals surface area contributed by atoms with E-state index >= 15 is 4.39 Å². The van der Waals surface area contributed by atoms with E-state index in [4.69, 9.17) is 25.6 Å². The number of aromatic nitrogens is 3. The average Bonchev–Trinajstić information content (AvgIpc) is 3.56. The molecule has 0 unspecified atom stereocenters. The van der Waals surface area contributed by atoms with Crippen molar-refractivity contribution in [3.63, 3.8) is 0 Å². The van der Waals surface area contributed by atoms with Gasteiger partial charge in [0.25, 0.3) is 0 Å². The summed E-state index contributed by atoms with van der Waals surface area (Å²) < 4.78 is 63.3. The van der Waals surface area contributed by atoms with Crippen LogP contribution in [-0.4, -0.2) is 95.9 Å². The Hall–Kier alpha value is -4.18. The summed E-state index contributed by atoms with van der Waals surface area (Å²) in [6.45, 7) is 2.89. The first kappa shape index (κ1) is 29.5. The molecule has 0 bridgehead atoms. The molecule has 2 aromatic heterocycles. The number of ether oxygens (including phenoxy) is 3. The summed E-state index contributed by atoms with van der Waals surface area (Å²) >= 11 is 0. The molecule has 2 aromatic carbocycles. The Morgan fingerprint density at radius 2 is 2.09 bits per heavy atom. The van der Waals surface area contributed by atoms with Crippen LogP contribution in [0.2, 0.25) is 0 Å². The van der Waals surface area contributed by atoms with Crippen molar-refractivity contribution in [2.24, 2.45) is 0 Å².